The minimum atomic E-state index is -3.65. The number of halogens is 2. The van der Waals surface area contributed by atoms with Gasteiger partial charge in [0.2, 0.25) is 10.0 Å². The highest BCUT2D eigenvalue weighted by Crippen LogP contribution is 2.54. The summed E-state index contributed by atoms with van der Waals surface area (Å²) in [7, 11) is -3.65. The number of carbonyl (C=O) groups excluding carboxylic acids is 1. The molecular weight excluding hydrogens is 411 g/mol. The van der Waals surface area contributed by atoms with E-state index in [0.717, 1.165) is 25.7 Å². The first-order valence-corrected chi connectivity index (χ1v) is 10.8. The van der Waals surface area contributed by atoms with Crippen LogP contribution in [0.15, 0.2) is 29.2 Å². The van der Waals surface area contributed by atoms with Crippen LogP contribution in [0.1, 0.15) is 48.9 Å². The Morgan fingerprint density at radius 1 is 1.32 bits per heavy atom. The highest BCUT2D eigenvalue weighted by atomic mass is 79.9. The summed E-state index contributed by atoms with van der Waals surface area (Å²) in [6, 6.07) is 6.27. The zero-order valence-corrected chi connectivity index (χ0v) is 16.2. The number of carbonyl (C=O) groups is 1. The number of benzene rings is 1. The fraction of sp³-hybridized carbons (Fsp3) is 0.588. The van der Waals surface area contributed by atoms with E-state index in [2.05, 4.69) is 26.0 Å². The third-order valence-electron chi connectivity index (χ3n) is 4.55. The molecule has 2 unspecified atom stereocenters. The second kappa shape index (κ2) is 7.32. The van der Waals surface area contributed by atoms with E-state index in [-0.39, 0.29) is 22.8 Å². The predicted octanol–water partition coefficient (Wildman–Crippen LogP) is 3.11. The molecule has 2 atom stereocenters. The third kappa shape index (κ3) is 5.24. The van der Waals surface area contributed by atoms with Crippen LogP contribution in [0.5, 0.6) is 0 Å². The van der Waals surface area contributed by atoms with E-state index in [4.69, 9.17) is 0 Å². The van der Waals surface area contributed by atoms with Crippen LogP contribution in [0.25, 0.3) is 0 Å². The largest absolute Gasteiger partial charge is 0.349 e. The van der Waals surface area contributed by atoms with Gasteiger partial charge in [-0.15, -0.1) is 0 Å². The molecule has 2 aliphatic rings. The van der Waals surface area contributed by atoms with Gasteiger partial charge in [-0.2, -0.15) is 0 Å². The fourth-order valence-electron chi connectivity index (χ4n) is 2.69. The van der Waals surface area contributed by atoms with Gasteiger partial charge in [-0.05, 0) is 66.2 Å². The van der Waals surface area contributed by atoms with Gasteiger partial charge in [0.15, 0.2) is 4.58 Å². The van der Waals surface area contributed by atoms with Gasteiger partial charge in [-0.3, -0.25) is 4.79 Å². The molecule has 1 aromatic carbocycles. The lowest BCUT2D eigenvalue weighted by Gasteiger charge is -2.09. The monoisotopic (exact) mass is 432 g/mol. The van der Waals surface area contributed by atoms with Gasteiger partial charge in [-0.25, -0.2) is 17.5 Å². The molecule has 0 saturated heterocycles. The maximum absolute atomic E-state index is 13.3. The van der Waals surface area contributed by atoms with Gasteiger partial charge < -0.3 is 5.32 Å². The van der Waals surface area contributed by atoms with Crippen LogP contribution in [0.3, 0.4) is 0 Å². The highest BCUT2D eigenvalue weighted by molar-refractivity contribution is 9.10. The van der Waals surface area contributed by atoms with E-state index >= 15 is 0 Å². The van der Waals surface area contributed by atoms with Gasteiger partial charge in [0, 0.05) is 24.1 Å². The zero-order valence-electron chi connectivity index (χ0n) is 13.8. The van der Waals surface area contributed by atoms with Crippen LogP contribution < -0.4 is 10.0 Å². The molecule has 25 heavy (non-hydrogen) atoms. The van der Waals surface area contributed by atoms with Gasteiger partial charge in [0.25, 0.3) is 5.91 Å². The number of amides is 1. The normalized spacial score (nSPS) is 25.6. The second-order valence-electron chi connectivity index (χ2n) is 6.83. The van der Waals surface area contributed by atoms with Crippen molar-refractivity contribution in [3.8, 4) is 0 Å². The quantitative estimate of drug-likeness (QED) is 0.464. The molecule has 2 saturated carbocycles. The summed E-state index contributed by atoms with van der Waals surface area (Å²) < 4.78 is 39.4. The van der Waals surface area contributed by atoms with Crippen LogP contribution in [0, 0.1) is 5.92 Å². The number of hydrogen-bond donors (Lipinski definition) is 2. The molecule has 0 bridgehead atoms. The van der Waals surface area contributed by atoms with E-state index < -0.39 is 14.6 Å². The third-order valence-corrected chi connectivity index (χ3v) is 6.98. The van der Waals surface area contributed by atoms with Crippen LogP contribution in [0.2, 0.25) is 0 Å². The molecule has 0 aliphatic heterocycles. The van der Waals surface area contributed by atoms with Crippen molar-refractivity contribution in [1.29, 1.82) is 0 Å². The molecule has 2 fully saturated rings. The first kappa shape index (κ1) is 18.8. The van der Waals surface area contributed by atoms with E-state index in [1.54, 1.807) is 12.1 Å². The molecule has 0 heterocycles. The van der Waals surface area contributed by atoms with Crippen molar-refractivity contribution in [3.63, 3.8) is 0 Å². The SMILES string of the molecule is O=C(NC1CC1)c1cccc(S(=O)(=O)NCCCCC2CC2(F)Br)c1. The molecule has 138 valence electrons. The van der Waals surface area contributed by atoms with Crippen molar-refractivity contribution in [2.45, 2.75) is 54.0 Å². The Morgan fingerprint density at radius 2 is 2.04 bits per heavy atom. The van der Waals surface area contributed by atoms with Crippen LogP contribution in [-0.2, 0) is 10.0 Å². The number of alkyl halides is 2. The Morgan fingerprint density at radius 3 is 2.68 bits per heavy atom. The van der Waals surface area contributed by atoms with Gasteiger partial charge in [0.05, 0.1) is 4.90 Å². The minimum absolute atomic E-state index is 0.0470. The average Bonchev–Trinajstić information content (AvgIpc) is 3.46. The molecule has 2 aliphatic carbocycles. The van der Waals surface area contributed by atoms with Crippen LogP contribution in [0.4, 0.5) is 4.39 Å². The Labute approximate surface area is 155 Å². The summed E-state index contributed by atoms with van der Waals surface area (Å²) in [6.45, 7) is 0.301. The number of unbranched alkanes of at least 4 members (excludes halogenated alkanes) is 1. The number of rotatable bonds is 9. The van der Waals surface area contributed by atoms with Gasteiger partial charge in [-0.1, -0.05) is 12.5 Å². The highest BCUT2D eigenvalue weighted by Gasteiger charge is 2.52. The van der Waals surface area contributed by atoms with E-state index in [1.165, 1.54) is 12.1 Å². The number of nitrogens with one attached hydrogen (secondary N) is 2. The van der Waals surface area contributed by atoms with Crippen molar-refractivity contribution in [2.75, 3.05) is 6.54 Å². The molecule has 2 N–H and O–H groups in total. The Kier molecular flexibility index (Phi) is 5.51. The van der Waals surface area contributed by atoms with Gasteiger partial charge in [0.1, 0.15) is 0 Å². The standard InChI is InChI=1S/C17H22BrFN2O3S/c18-17(19)11-13(17)5-1-2-9-20-25(23,24)15-6-3-4-12(10-15)16(22)21-14-7-8-14/h3-4,6,10,13-14,20H,1-2,5,7-9,11H2,(H,21,22). The Bertz CT molecular complexity index is 750. The smallest absolute Gasteiger partial charge is 0.251 e. The predicted molar refractivity (Wildman–Crippen MR) is 96.8 cm³/mol. The lowest BCUT2D eigenvalue weighted by atomic mass is 10.2. The molecule has 5 nitrogen and oxygen atoms in total. The minimum Gasteiger partial charge on any atom is -0.349 e. The molecule has 0 spiro atoms. The van der Waals surface area contributed by atoms with E-state index in [0.29, 0.717) is 24.9 Å². The summed E-state index contributed by atoms with van der Waals surface area (Å²) in [5.74, 6) is -0.195. The van der Waals surface area contributed by atoms with Gasteiger partial charge >= 0.3 is 0 Å². The molecule has 0 radical (unpaired) electrons. The average molecular weight is 433 g/mol. The molecule has 0 aromatic heterocycles. The Balaban J connectivity index is 1.48. The zero-order chi connectivity index (χ0) is 18.1. The molecule has 8 heteroatoms. The van der Waals surface area contributed by atoms with Crippen molar-refractivity contribution >= 4 is 31.9 Å². The first-order valence-electron chi connectivity index (χ1n) is 8.56. The fourth-order valence-corrected chi connectivity index (χ4v) is 4.43. The topological polar surface area (TPSA) is 75.3 Å². The maximum Gasteiger partial charge on any atom is 0.251 e. The molecular formula is C17H22BrFN2O3S. The number of hydrogen-bond acceptors (Lipinski definition) is 3. The summed E-state index contributed by atoms with van der Waals surface area (Å²) in [4.78, 5) is 12.1. The lowest BCUT2D eigenvalue weighted by molar-refractivity contribution is 0.0951. The second-order valence-corrected chi connectivity index (χ2v) is 9.92. The summed E-state index contributed by atoms with van der Waals surface area (Å²) in [6.07, 6.45) is 4.67. The molecule has 1 amide bonds. The van der Waals surface area contributed by atoms with Crippen molar-refractivity contribution in [3.05, 3.63) is 29.8 Å². The van der Waals surface area contributed by atoms with Crippen molar-refractivity contribution in [1.82, 2.24) is 10.0 Å². The number of sulfonamides is 1. The summed E-state index contributed by atoms with van der Waals surface area (Å²) in [5, 5.41) is 2.84. The van der Waals surface area contributed by atoms with Crippen LogP contribution in [-0.4, -0.2) is 31.5 Å². The Hall–Kier alpha value is -0.990. The van der Waals surface area contributed by atoms with Crippen molar-refractivity contribution < 1.29 is 17.6 Å². The van der Waals surface area contributed by atoms with Crippen molar-refractivity contribution in [2.24, 2.45) is 5.92 Å². The van der Waals surface area contributed by atoms with E-state index in [9.17, 15) is 17.6 Å². The van der Waals surface area contributed by atoms with Crippen LogP contribution >= 0.6 is 15.9 Å². The summed E-state index contributed by atoms with van der Waals surface area (Å²) >= 11 is 3.01. The molecule has 3 rings (SSSR count). The molecule has 1 aromatic rings. The summed E-state index contributed by atoms with van der Waals surface area (Å²) in [5.41, 5.74) is 0.347. The van der Waals surface area contributed by atoms with E-state index in [1.807, 2.05) is 0 Å². The first-order chi connectivity index (χ1) is 11.8. The lowest BCUT2D eigenvalue weighted by Crippen LogP contribution is -2.27. The maximum atomic E-state index is 13.3.